The Labute approximate surface area is 301 Å². The number of aliphatic hydroxyl groups excluding tert-OH is 4. The molecule has 0 aromatic heterocycles. The minimum atomic E-state index is -1.20. The van der Waals surface area contributed by atoms with Crippen molar-refractivity contribution in [3.05, 3.63) is 132 Å². The molecule has 4 saturated heterocycles. The molecule has 8 bridgehead atoms. The largest absolute Gasteiger partial charge is 0.415 e. The van der Waals surface area contributed by atoms with Gasteiger partial charge in [-0.3, -0.25) is 9.80 Å². The van der Waals surface area contributed by atoms with E-state index in [4.69, 9.17) is 9.47 Å². The lowest BCUT2D eigenvalue weighted by molar-refractivity contribution is -0.499. The zero-order valence-electron chi connectivity index (χ0n) is 28.6. The molecule has 10 nitrogen and oxygen atoms in total. The maximum atomic E-state index is 14.7. The highest BCUT2D eigenvalue weighted by molar-refractivity contribution is 5.79. The van der Waals surface area contributed by atoms with Gasteiger partial charge < -0.3 is 29.9 Å². The van der Waals surface area contributed by atoms with Gasteiger partial charge in [0.1, 0.15) is 11.5 Å². The lowest BCUT2D eigenvalue weighted by Crippen LogP contribution is -3.09. The molecule has 4 aromatic carbocycles. The summed E-state index contributed by atoms with van der Waals surface area (Å²) in [5, 5.41) is 47.6. The fraction of sp³-hybridized carbons (Fsp3) is 0.381. The number of ether oxygens (including phenoxy) is 2. The van der Waals surface area contributed by atoms with E-state index in [0.29, 0.717) is 24.3 Å². The van der Waals surface area contributed by atoms with Crippen LogP contribution in [0.3, 0.4) is 0 Å². The van der Waals surface area contributed by atoms with Crippen molar-refractivity contribution in [1.29, 1.82) is 0 Å². The van der Waals surface area contributed by atoms with E-state index >= 15 is 0 Å². The zero-order valence-corrected chi connectivity index (χ0v) is 28.6. The molecule has 0 spiro atoms. The Balaban J connectivity index is 1.29. The molecule has 0 unspecified atom stereocenters. The number of aliphatic hydroxyl groups is 4. The molecule has 0 radical (unpaired) electrons. The van der Waals surface area contributed by atoms with Gasteiger partial charge in [0.05, 0.1) is 50.6 Å². The summed E-state index contributed by atoms with van der Waals surface area (Å²) in [6.07, 6.45) is -0.475. The van der Waals surface area contributed by atoms with E-state index in [0.717, 1.165) is 11.1 Å². The lowest BCUT2D eigenvalue weighted by atomic mass is 9.16. The highest BCUT2D eigenvalue weighted by atomic mass is 16.6. The van der Waals surface area contributed by atoms with Gasteiger partial charge in [0.25, 0.3) is 0 Å². The molecule has 268 valence electrons. The van der Waals surface area contributed by atoms with Crippen LogP contribution < -0.4 is 9.47 Å². The maximum absolute atomic E-state index is 14.7. The predicted molar refractivity (Wildman–Crippen MR) is 189 cm³/mol. The molecule has 52 heavy (non-hydrogen) atoms. The summed E-state index contributed by atoms with van der Waals surface area (Å²) in [5.74, 6) is -0.238. The van der Waals surface area contributed by atoms with Gasteiger partial charge >= 0.3 is 12.2 Å². The third-order valence-electron chi connectivity index (χ3n) is 13.8. The van der Waals surface area contributed by atoms with Crippen LogP contribution in [0.25, 0.3) is 0 Å². The summed E-state index contributed by atoms with van der Waals surface area (Å²) in [6, 6.07) is 33.8. The first-order valence-electron chi connectivity index (χ1n) is 18.0. The van der Waals surface area contributed by atoms with Crippen LogP contribution in [0.15, 0.2) is 121 Å². The molecule has 0 atom stereocenters. The van der Waals surface area contributed by atoms with Crippen molar-refractivity contribution >= 4 is 12.2 Å². The molecule has 10 rings (SSSR count). The Morgan fingerprint density at radius 2 is 0.731 bits per heavy atom. The molecular weight excluding hydrogens is 660 g/mol. The summed E-state index contributed by atoms with van der Waals surface area (Å²) in [4.78, 5) is 32.7. The van der Waals surface area contributed by atoms with Crippen LogP contribution in [0.2, 0.25) is 0 Å². The van der Waals surface area contributed by atoms with Crippen molar-refractivity contribution < 1.29 is 39.5 Å². The number of piperidine rings is 4. The second-order valence-electron chi connectivity index (χ2n) is 15.4. The molecule has 4 heterocycles. The monoisotopic (exact) mass is 702 g/mol. The molecular formula is C42H42N2O8. The van der Waals surface area contributed by atoms with Crippen LogP contribution in [0.1, 0.15) is 11.1 Å². The van der Waals surface area contributed by atoms with E-state index in [1.54, 1.807) is 58.3 Å². The smallest absolute Gasteiger partial charge is 0.410 e. The second-order valence-corrected chi connectivity index (χ2v) is 15.4. The van der Waals surface area contributed by atoms with Gasteiger partial charge in [0, 0.05) is 21.7 Å². The molecule has 6 aliphatic rings. The molecule has 4 aliphatic heterocycles. The number of para-hydroxylation sites is 2. The van der Waals surface area contributed by atoms with Gasteiger partial charge in [0.15, 0.2) is 0 Å². The van der Waals surface area contributed by atoms with E-state index in [1.165, 1.54) is 0 Å². The average Bonchev–Trinajstić information content (AvgIpc) is 3.16. The third kappa shape index (κ3) is 3.88. The van der Waals surface area contributed by atoms with Gasteiger partial charge in [-0.2, -0.15) is 0 Å². The van der Waals surface area contributed by atoms with Crippen LogP contribution in [-0.2, 0) is 12.8 Å². The molecule has 2 saturated carbocycles. The first-order chi connectivity index (χ1) is 25.4. The minimum Gasteiger partial charge on any atom is -0.410 e. The first-order valence-corrected chi connectivity index (χ1v) is 18.0. The normalized spacial score (nSPS) is 35.8. The quantitative estimate of drug-likeness (QED) is 0.193. The number of hydrogen-bond acceptors (Lipinski definition) is 8. The number of hydrogen-bond donors (Lipinski definition) is 4. The van der Waals surface area contributed by atoms with Gasteiger partial charge in [-0.25, -0.2) is 9.59 Å². The Hall–Kier alpha value is -4.74. The highest BCUT2D eigenvalue weighted by Crippen LogP contribution is 2.89. The molecule has 4 N–H and O–H groups in total. The predicted octanol–water partition coefficient (Wildman–Crippen LogP) is 4.16. The van der Waals surface area contributed by atoms with Gasteiger partial charge in [-0.15, -0.1) is 0 Å². The first kappa shape index (κ1) is 33.1. The Morgan fingerprint density at radius 3 is 1.00 bits per heavy atom. The number of nitrogens with zero attached hydrogens (tertiary/aromatic N) is 2. The van der Waals surface area contributed by atoms with Gasteiger partial charge in [-0.05, 0) is 60.1 Å². The average molecular weight is 703 g/mol. The molecule has 6 fully saturated rings. The van der Waals surface area contributed by atoms with Crippen molar-refractivity contribution in [2.75, 3.05) is 26.4 Å². The summed E-state index contributed by atoms with van der Waals surface area (Å²) in [6.45, 7) is -1.73. The fourth-order valence-corrected chi connectivity index (χ4v) is 12.6. The van der Waals surface area contributed by atoms with Crippen LogP contribution in [0, 0.1) is 33.5 Å². The van der Waals surface area contributed by atoms with E-state index in [1.807, 2.05) is 72.8 Å². The maximum Gasteiger partial charge on any atom is 0.415 e. The Kier molecular flexibility index (Phi) is 7.58. The van der Waals surface area contributed by atoms with Crippen molar-refractivity contribution in [3.63, 3.8) is 0 Å². The van der Waals surface area contributed by atoms with E-state index in [-0.39, 0.29) is 0 Å². The molecule has 2 amide bonds. The van der Waals surface area contributed by atoms with E-state index in [9.17, 15) is 30.0 Å². The number of rotatable bonds is 10. The molecule has 4 aromatic rings. The summed E-state index contributed by atoms with van der Waals surface area (Å²) >= 11 is 0. The van der Waals surface area contributed by atoms with Gasteiger partial charge in [0.2, 0.25) is 0 Å². The third-order valence-corrected chi connectivity index (χ3v) is 13.8. The van der Waals surface area contributed by atoms with Crippen LogP contribution in [0.4, 0.5) is 9.59 Å². The topological polar surface area (TPSA) is 140 Å². The summed E-state index contributed by atoms with van der Waals surface area (Å²) in [7, 11) is 0. The summed E-state index contributed by atoms with van der Waals surface area (Å²) in [5.41, 5.74) is -2.83. The SMILES string of the molecule is O=C(Oc1ccccc1)N1C2C3(CO)C(Cc4ccccc4)C4(CO)C1C1(CO)C(Cc5ccccc5)C2(CO)C3N(C(=O)Oc2ccccc2)C41. The van der Waals surface area contributed by atoms with Crippen molar-refractivity contribution in [1.82, 2.24) is 9.80 Å². The Morgan fingerprint density at radius 1 is 0.462 bits per heavy atom. The number of amides is 2. The van der Waals surface area contributed by atoms with Crippen LogP contribution in [-0.4, -0.2) is 93.0 Å². The Bertz CT molecular complexity index is 1750. The standard InChI is InChI=1S/C42H42N2O8/c45-23-39-31(21-27-13-5-1-6-14-27)40(24-46)34-42(26-48)32(22-28-15-7-2-8-16-28)41(25-47,33(39)43(34)37(49)51-29-17-9-3-10-18-29)35(39)44(36(40)42)38(50)52-30-19-11-4-12-20-30/h1-20,31-36,45-48H,21-26H2. The molecule has 2 aliphatic carbocycles. The van der Waals surface area contributed by atoms with Crippen molar-refractivity contribution in [2.45, 2.75) is 37.0 Å². The van der Waals surface area contributed by atoms with E-state index < -0.39 is 96.3 Å². The van der Waals surface area contributed by atoms with Crippen LogP contribution in [0.5, 0.6) is 11.5 Å². The number of benzene rings is 4. The van der Waals surface area contributed by atoms with Crippen molar-refractivity contribution in [3.8, 4) is 11.5 Å². The minimum absolute atomic E-state index is 0.325. The lowest BCUT2D eigenvalue weighted by Gasteiger charge is -2.97. The van der Waals surface area contributed by atoms with E-state index in [2.05, 4.69) is 0 Å². The summed E-state index contributed by atoms with van der Waals surface area (Å²) < 4.78 is 12.1. The number of carbonyl (C=O) groups is 2. The van der Waals surface area contributed by atoms with Crippen molar-refractivity contribution in [2.24, 2.45) is 33.5 Å². The zero-order chi connectivity index (χ0) is 35.9. The molecule has 10 heteroatoms. The fourth-order valence-electron chi connectivity index (χ4n) is 12.6. The second kappa shape index (κ2) is 11.9. The van der Waals surface area contributed by atoms with Crippen LogP contribution >= 0.6 is 0 Å². The highest BCUT2D eigenvalue weighted by Gasteiger charge is 3.00. The number of carbonyl (C=O) groups excluding carboxylic acids is 2. The van der Waals surface area contributed by atoms with Gasteiger partial charge in [-0.1, -0.05) is 97.1 Å².